The number of anilines is 1. The van der Waals surface area contributed by atoms with Gasteiger partial charge in [-0.25, -0.2) is 0 Å². The van der Waals surface area contributed by atoms with Crippen molar-refractivity contribution in [2.75, 3.05) is 11.9 Å². The lowest BCUT2D eigenvalue weighted by atomic mass is 10.0. The van der Waals surface area contributed by atoms with Crippen LogP contribution in [-0.2, 0) is 13.0 Å². The number of nitrogens with zero attached hydrogens (tertiary/aromatic N) is 2. The van der Waals surface area contributed by atoms with Gasteiger partial charge < -0.3 is 10.6 Å². The first-order valence-corrected chi connectivity index (χ1v) is 10.1. The average molecular weight is 398 g/mol. The Morgan fingerprint density at radius 1 is 1.32 bits per heavy atom. The van der Waals surface area contributed by atoms with E-state index in [0.717, 1.165) is 35.6 Å². The van der Waals surface area contributed by atoms with Crippen molar-refractivity contribution in [3.05, 3.63) is 62.0 Å². The summed E-state index contributed by atoms with van der Waals surface area (Å²) in [5.41, 5.74) is 2.47. The zero-order chi connectivity index (χ0) is 19.8. The number of rotatable bonds is 4. The van der Waals surface area contributed by atoms with Gasteiger partial charge in [0, 0.05) is 30.1 Å². The molecule has 146 valence electrons. The van der Waals surface area contributed by atoms with E-state index in [-0.39, 0.29) is 11.6 Å². The fourth-order valence-electron chi connectivity index (χ4n) is 3.69. The van der Waals surface area contributed by atoms with E-state index in [1.807, 2.05) is 0 Å². The minimum atomic E-state index is -0.404. The van der Waals surface area contributed by atoms with Gasteiger partial charge >= 0.3 is 0 Å². The molecule has 1 unspecified atom stereocenters. The lowest BCUT2D eigenvalue weighted by molar-refractivity contribution is -0.385. The number of nitro groups is 1. The number of amides is 1. The molecule has 1 atom stereocenters. The summed E-state index contributed by atoms with van der Waals surface area (Å²) in [6.45, 7) is 6.21. The maximum Gasteiger partial charge on any atom is 0.276 e. The van der Waals surface area contributed by atoms with Crippen molar-refractivity contribution in [1.82, 2.24) is 10.2 Å². The molecule has 0 spiro atoms. The molecule has 2 aromatic rings. The first-order valence-electron chi connectivity index (χ1n) is 9.31. The van der Waals surface area contributed by atoms with Crippen molar-refractivity contribution in [1.29, 1.82) is 0 Å². The predicted octanol–water partition coefficient (Wildman–Crippen LogP) is 3.62. The van der Waals surface area contributed by atoms with Crippen LogP contribution in [-0.4, -0.2) is 34.5 Å². The number of hydrogen-bond donors (Lipinski definition) is 2. The Kier molecular flexibility index (Phi) is 4.91. The third-order valence-electron chi connectivity index (χ3n) is 5.22. The predicted molar refractivity (Wildman–Crippen MR) is 111 cm³/mol. The van der Waals surface area contributed by atoms with Gasteiger partial charge in [0.15, 0.2) is 0 Å². The second-order valence-corrected chi connectivity index (χ2v) is 8.40. The number of thiophene rings is 1. The zero-order valence-electron chi connectivity index (χ0n) is 15.8. The van der Waals surface area contributed by atoms with Crippen molar-refractivity contribution >= 4 is 34.0 Å². The molecule has 1 amide bonds. The average Bonchev–Trinajstić information content (AvgIpc) is 3.04. The third kappa shape index (κ3) is 3.41. The Balaban J connectivity index is 1.56. The Morgan fingerprint density at radius 2 is 2.11 bits per heavy atom. The highest BCUT2D eigenvalue weighted by molar-refractivity contribution is 7.16. The van der Waals surface area contributed by atoms with E-state index in [4.69, 9.17) is 0 Å². The van der Waals surface area contributed by atoms with Crippen molar-refractivity contribution in [3.63, 3.8) is 0 Å². The van der Waals surface area contributed by atoms with Gasteiger partial charge in [-0.2, -0.15) is 0 Å². The van der Waals surface area contributed by atoms with Crippen LogP contribution in [0.3, 0.4) is 0 Å². The standard InChI is InChI=1S/C20H22N4O3S/c1-12(2)23-10-9-14-16(11-23)28-20-18(14)19(25)21-17(22-20)8-7-13-5-3-4-6-15(13)24(26)27/h3-8,12,17,22H,9-11H2,1-2H3,(H,21,25)/b8-7-. The lowest BCUT2D eigenvalue weighted by Gasteiger charge is -2.30. The van der Waals surface area contributed by atoms with Gasteiger partial charge in [-0.1, -0.05) is 12.1 Å². The molecule has 2 aliphatic heterocycles. The van der Waals surface area contributed by atoms with Crippen molar-refractivity contribution in [3.8, 4) is 0 Å². The molecule has 0 saturated heterocycles. The quantitative estimate of drug-likeness (QED) is 0.607. The van der Waals surface area contributed by atoms with Crippen LogP contribution < -0.4 is 10.6 Å². The normalized spacial score (nSPS) is 19.2. The SMILES string of the molecule is CC(C)N1CCc2c(sc3c2C(=O)NC(/C=C\c2ccccc2[N+](=O)[O-])N3)C1. The maximum atomic E-state index is 12.7. The van der Waals surface area contributed by atoms with Crippen LogP contribution in [0.1, 0.15) is 40.2 Å². The van der Waals surface area contributed by atoms with Gasteiger partial charge in [0.1, 0.15) is 11.2 Å². The van der Waals surface area contributed by atoms with Gasteiger partial charge in [-0.3, -0.25) is 19.8 Å². The number of hydrogen-bond acceptors (Lipinski definition) is 6. The van der Waals surface area contributed by atoms with Gasteiger partial charge in [-0.05, 0) is 44.1 Å². The van der Waals surface area contributed by atoms with E-state index in [1.165, 1.54) is 10.9 Å². The monoisotopic (exact) mass is 398 g/mol. The second kappa shape index (κ2) is 7.37. The molecular weight excluding hydrogens is 376 g/mol. The molecule has 28 heavy (non-hydrogen) atoms. The van der Waals surface area contributed by atoms with Crippen molar-refractivity contribution < 1.29 is 9.72 Å². The molecule has 2 N–H and O–H groups in total. The smallest absolute Gasteiger partial charge is 0.276 e. The summed E-state index contributed by atoms with van der Waals surface area (Å²) in [5.74, 6) is -0.0820. The zero-order valence-corrected chi connectivity index (χ0v) is 16.6. The Hall–Kier alpha value is -2.71. The largest absolute Gasteiger partial charge is 0.353 e. The van der Waals surface area contributed by atoms with E-state index >= 15 is 0 Å². The molecule has 0 saturated carbocycles. The first kappa shape index (κ1) is 18.6. The van der Waals surface area contributed by atoms with Crippen LogP contribution in [0, 0.1) is 10.1 Å². The van der Waals surface area contributed by atoms with Crippen molar-refractivity contribution in [2.24, 2.45) is 0 Å². The highest BCUT2D eigenvalue weighted by Crippen LogP contribution is 2.39. The molecule has 1 aromatic heterocycles. The molecule has 2 aliphatic rings. The third-order valence-corrected chi connectivity index (χ3v) is 6.37. The molecule has 1 aromatic carbocycles. The second-order valence-electron chi connectivity index (χ2n) is 7.29. The first-order chi connectivity index (χ1) is 13.4. The fourth-order valence-corrected chi connectivity index (χ4v) is 5.00. The molecule has 0 radical (unpaired) electrons. The molecule has 4 rings (SSSR count). The van der Waals surface area contributed by atoms with E-state index in [2.05, 4.69) is 29.4 Å². The van der Waals surface area contributed by atoms with Crippen LogP contribution in [0.15, 0.2) is 30.3 Å². The molecule has 0 aliphatic carbocycles. The van der Waals surface area contributed by atoms with E-state index < -0.39 is 11.1 Å². The topological polar surface area (TPSA) is 87.5 Å². The summed E-state index contributed by atoms with van der Waals surface area (Å²) in [7, 11) is 0. The molecule has 0 fully saturated rings. The number of benzene rings is 1. The van der Waals surface area contributed by atoms with Gasteiger partial charge in [0.2, 0.25) is 0 Å². The molecular formula is C20H22N4O3S. The minimum absolute atomic E-state index is 0.0435. The summed E-state index contributed by atoms with van der Waals surface area (Å²) < 4.78 is 0. The number of carbonyl (C=O) groups excluding carboxylic acids is 1. The summed E-state index contributed by atoms with van der Waals surface area (Å²) in [5, 5.41) is 18.4. The van der Waals surface area contributed by atoms with Gasteiger partial charge in [0.05, 0.1) is 16.1 Å². The molecule has 7 nitrogen and oxygen atoms in total. The van der Waals surface area contributed by atoms with Gasteiger partial charge in [-0.15, -0.1) is 11.3 Å². The Bertz CT molecular complexity index is 966. The Morgan fingerprint density at radius 3 is 2.86 bits per heavy atom. The summed E-state index contributed by atoms with van der Waals surface area (Å²) in [6, 6.07) is 7.03. The lowest BCUT2D eigenvalue weighted by Crippen LogP contribution is -2.43. The fraction of sp³-hybridized carbons (Fsp3) is 0.350. The van der Waals surface area contributed by atoms with Crippen LogP contribution in [0.5, 0.6) is 0 Å². The van der Waals surface area contributed by atoms with Crippen LogP contribution >= 0.6 is 11.3 Å². The van der Waals surface area contributed by atoms with Crippen LogP contribution in [0.25, 0.3) is 6.08 Å². The number of carbonyl (C=O) groups is 1. The van der Waals surface area contributed by atoms with Crippen LogP contribution in [0.2, 0.25) is 0 Å². The van der Waals surface area contributed by atoms with Crippen LogP contribution in [0.4, 0.5) is 10.7 Å². The number of nitro benzene ring substituents is 1. The highest BCUT2D eigenvalue weighted by atomic mass is 32.1. The number of nitrogens with one attached hydrogen (secondary N) is 2. The molecule has 0 bridgehead atoms. The summed E-state index contributed by atoms with van der Waals surface area (Å²) >= 11 is 1.64. The molecule has 3 heterocycles. The highest BCUT2D eigenvalue weighted by Gasteiger charge is 2.32. The van der Waals surface area contributed by atoms with E-state index in [9.17, 15) is 14.9 Å². The Labute approximate surface area is 167 Å². The summed E-state index contributed by atoms with van der Waals surface area (Å²) in [4.78, 5) is 27.1. The minimum Gasteiger partial charge on any atom is -0.353 e. The summed E-state index contributed by atoms with van der Waals surface area (Å²) in [6.07, 6.45) is 3.91. The van der Waals surface area contributed by atoms with Crippen molar-refractivity contribution in [2.45, 2.75) is 39.0 Å². The number of fused-ring (bicyclic) bond motifs is 3. The van der Waals surface area contributed by atoms with Gasteiger partial charge in [0.25, 0.3) is 11.6 Å². The maximum absolute atomic E-state index is 12.7. The molecule has 8 heteroatoms. The number of para-hydroxylation sites is 1. The van der Waals surface area contributed by atoms with E-state index in [1.54, 1.807) is 41.7 Å². The van der Waals surface area contributed by atoms with E-state index in [0.29, 0.717) is 11.6 Å².